The molecule has 0 aliphatic heterocycles. The number of rotatable bonds is 6. The van der Waals surface area contributed by atoms with E-state index in [2.05, 4.69) is 4.72 Å². The van der Waals surface area contributed by atoms with Gasteiger partial charge in [-0.2, -0.15) is 0 Å². The lowest BCUT2D eigenvalue weighted by molar-refractivity contribution is 0.0437. The largest absolute Gasteiger partial charge is 0.398 e. The number of sulfonamides is 1. The van der Waals surface area contributed by atoms with Gasteiger partial charge >= 0.3 is 0 Å². The van der Waals surface area contributed by atoms with Gasteiger partial charge in [-0.1, -0.05) is 37.0 Å². The zero-order chi connectivity index (χ0) is 16.4. The third-order valence-corrected chi connectivity index (χ3v) is 4.94. The highest BCUT2D eigenvalue weighted by Crippen LogP contribution is 2.31. The van der Waals surface area contributed by atoms with Crippen LogP contribution in [0.15, 0.2) is 17.0 Å². The first kappa shape index (κ1) is 18.5. The molecule has 0 saturated heterocycles. The highest BCUT2D eigenvalue weighted by molar-refractivity contribution is 7.89. The first-order chi connectivity index (χ1) is 9.44. The number of hydrogen-bond acceptors (Lipinski definition) is 4. The van der Waals surface area contributed by atoms with E-state index in [-0.39, 0.29) is 33.1 Å². The molecule has 0 bridgehead atoms. The van der Waals surface area contributed by atoms with Gasteiger partial charge in [-0.05, 0) is 31.4 Å². The molecule has 1 aromatic rings. The number of hydrogen-bond donors (Lipinski definition) is 3. The summed E-state index contributed by atoms with van der Waals surface area (Å²) in [6, 6.07) is 2.62. The number of halogens is 2. The summed E-state index contributed by atoms with van der Waals surface area (Å²) in [4.78, 5) is -0.228. The molecular formula is C13H20Cl2N2O3S. The Morgan fingerprint density at radius 2 is 1.95 bits per heavy atom. The van der Waals surface area contributed by atoms with Crippen molar-refractivity contribution >= 4 is 38.9 Å². The highest BCUT2D eigenvalue weighted by Gasteiger charge is 2.27. The van der Waals surface area contributed by atoms with Crippen molar-refractivity contribution in [1.29, 1.82) is 0 Å². The summed E-state index contributed by atoms with van der Waals surface area (Å²) in [6.45, 7) is 5.32. The minimum absolute atomic E-state index is 0.0384. The normalized spacial score (nSPS) is 15.2. The monoisotopic (exact) mass is 354 g/mol. The van der Waals surface area contributed by atoms with Gasteiger partial charge in [-0.15, -0.1) is 0 Å². The molecule has 0 fully saturated rings. The first-order valence-corrected chi connectivity index (χ1v) is 8.65. The molecular weight excluding hydrogens is 335 g/mol. The van der Waals surface area contributed by atoms with Crippen molar-refractivity contribution in [3.63, 3.8) is 0 Å². The second-order valence-electron chi connectivity index (χ2n) is 5.73. The highest BCUT2D eigenvalue weighted by atomic mass is 35.5. The van der Waals surface area contributed by atoms with Crippen LogP contribution in [0.2, 0.25) is 10.0 Å². The van der Waals surface area contributed by atoms with Crippen LogP contribution in [0.4, 0.5) is 5.69 Å². The van der Waals surface area contributed by atoms with Gasteiger partial charge in [0.05, 0.1) is 16.3 Å². The maximum absolute atomic E-state index is 12.3. The predicted octanol–water partition coefficient (Wildman–Crippen LogP) is 2.65. The van der Waals surface area contributed by atoms with Crippen molar-refractivity contribution in [3.8, 4) is 0 Å². The van der Waals surface area contributed by atoms with Crippen LogP contribution < -0.4 is 10.5 Å². The molecule has 1 atom stereocenters. The molecule has 0 saturated carbocycles. The fraction of sp³-hybridized carbons (Fsp3) is 0.538. The quantitative estimate of drug-likeness (QED) is 0.684. The Hall–Kier alpha value is -0.530. The number of nitrogens with one attached hydrogen (secondary N) is 1. The number of nitrogens with two attached hydrogens (primary N) is 1. The first-order valence-electron chi connectivity index (χ1n) is 6.41. The Labute approximate surface area is 135 Å². The topological polar surface area (TPSA) is 92.4 Å². The fourth-order valence-corrected chi connectivity index (χ4v) is 4.28. The van der Waals surface area contributed by atoms with Crippen LogP contribution in [0.25, 0.3) is 0 Å². The summed E-state index contributed by atoms with van der Waals surface area (Å²) in [5.41, 5.74) is 4.48. The van der Waals surface area contributed by atoms with Crippen LogP contribution in [0.1, 0.15) is 27.2 Å². The Bertz CT molecular complexity index is 593. The van der Waals surface area contributed by atoms with Crippen LogP contribution in [-0.4, -0.2) is 25.7 Å². The fourth-order valence-electron chi connectivity index (χ4n) is 2.14. The van der Waals surface area contributed by atoms with E-state index < -0.39 is 15.6 Å². The molecule has 0 aromatic heterocycles. The van der Waals surface area contributed by atoms with Gasteiger partial charge in [-0.25, -0.2) is 13.1 Å². The van der Waals surface area contributed by atoms with Crippen LogP contribution in [0.5, 0.6) is 0 Å². The zero-order valence-corrected chi connectivity index (χ0v) is 14.5. The van der Waals surface area contributed by atoms with E-state index in [1.807, 2.05) is 13.8 Å². The molecule has 0 aliphatic rings. The van der Waals surface area contributed by atoms with Crippen LogP contribution in [0.3, 0.4) is 0 Å². The maximum Gasteiger partial charge on any atom is 0.244 e. The van der Waals surface area contributed by atoms with Crippen LogP contribution in [-0.2, 0) is 10.0 Å². The Morgan fingerprint density at radius 3 is 2.43 bits per heavy atom. The summed E-state index contributed by atoms with van der Waals surface area (Å²) in [5.74, 6) is 0.230. The molecule has 1 unspecified atom stereocenters. The van der Waals surface area contributed by atoms with Crippen molar-refractivity contribution in [3.05, 3.63) is 22.2 Å². The van der Waals surface area contributed by atoms with E-state index in [0.29, 0.717) is 6.42 Å². The summed E-state index contributed by atoms with van der Waals surface area (Å²) in [5, 5.41) is 10.4. The van der Waals surface area contributed by atoms with Crippen LogP contribution in [0, 0.1) is 5.92 Å². The third-order valence-electron chi connectivity index (χ3n) is 2.80. The summed E-state index contributed by atoms with van der Waals surface area (Å²) in [7, 11) is -3.93. The van der Waals surface area contributed by atoms with Gasteiger partial charge in [0.1, 0.15) is 4.90 Å². The molecule has 1 aromatic carbocycles. The molecule has 0 aliphatic carbocycles. The van der Waals surface area contributed by atoms with E-state index in [1.54, 1.807) is 6.92 Å². The summed E-state index contributed by atoms with van der Waals surface area (Å²) < 4.78 is 26.9. The minimum Gasteiger partial charge on any atom is -0.398 e. The second-order valence-corrected chi connectivity index (χ2v) is 8.27. The molecule has 0 amide bonds. The number of aliphatic hydroxyl groups is 1. The lowest BCUT2D eigenvalue weighted by Gasteiger charge is -2.25. The Morgan fingerprint density at radius 1 is 1.38 bits per heavy atom. The van der Waals surface area contributed by atoms with Gasteiger partial charge in [0, 0.05) is 11.6 Å². The van der Waals surface area contributed by atoms with Crippen molar-refractivity contribution < 1.29 is 13.5 Å². The molecule has 1 rings (SSSR count). The lowest BCUT2D eigenvalue weighted by atomic mass is 9.95. The van der Waals surface area contributed by atoms with E-state index in [1.165, 1.54) is 12.1 Å². The SMILES string of the molecule is CC(C)CC(C)(O)CNS(=O)(=O)c1c(N)cc(Cl)cc1Cl. The van der Waals surface area contributed by atoms with E-state index >= 15 is 0 Å². The predicted molar refractivity (Wildman–Crippen MR) is 86.1 cm³/mol. The zero-order valence-electron chi connectivity index (χ0n) is 12.2. The smallest absolute Gasteiger partial charge is 0.244 e. The molecule has 120 valence electrons. The van der Waals surface area contributed by atoms with E-state index in [9.17, 15) is 13.5 Å². The standard InChI is InChI=1S/C13H20Cl2N2O3S/c1-8(2)6-13(3,18)7-17-21(19,20)12-10(15)4-9(14)5-11(12)16/h4-5,8,17-18H,6-7,16H2,1-3H3. The molecule has 5 nitrogen and oxygen atoms in total. The maximum atomic E-state index is 12.3. The molecule has 4 N–H and O–H groups in total. The second kappa shape index (κ2) is 6.71. The van der Waals surface area contributed by atoms with Crippen molar-refractivity contribution in [2.45, 2.75) is 37.7 Å². The average Bonchev–Trinajstić information content (AvgIpc) is 2.23. The summed E-state index contributed by atoms with van der Waals surface area (Å²) >= 11 is 11.7. The number of nitrogen functional groups attached to an aromatic ring is 1. The number of benzene rings is 1. The van der Waals surface area contributed by atoms with E-state index in [0.717, 1.165) is 0 Å². The lowest BCUT2D eigenvalue weighted by Crippen LogP contribution is -2.41. The van der Waals surface area contributed by atoms with Crippen molar-refractivity contribution in [1.82, 2.24) is 4.72 Å². The third kappa shape index (κ3) is 5.30. The minimum atomic E-state index is -3.93. The van der Waals surface area contributed by atoms with Gasteiger partial charge in [0.15, 0.2) is 0 Å². The van der Waals surface area contributed by atoms with Gasteiger partial charge in [0.2, 0.25) is 10.0 Å². The summed E-state index contributed by atoms with van der Waals surface area (Å²) in [6.07, 6.45) is 0.458. The Kier molecular flexibility index (Phi) is 5.91. The van der Waals surface area contributed by atoms with Gasteiger partial charge in [-0.3, -0.25) is 0 Å². The molecule has 8 heteroatoms. The van der Waals surface area contributed by atoms with Gasteiger partial charge < -0.3 is 10.8 Å². The van der Waals surface area contributed by atoms with E-state index in [4.69, 9.17) is 28.9 Å². The van der Waals surface area contributed by atoms with Gasteiger partial charge in [0.25, 0.3) is 0 Å². The van der Waals surface area contributed by atoms with Crippen molar-refractivity contribution in [2.75, 3.05) is 12.3 Å². The molecule has 0 radical (unpaired) electrons. The van der Waals surface area contributed by atoms with Crippen LogP contribution >= 0.6 is 23.2 Å². The number of anilines is 1. The average molecular weight is 355 g/mol. The van der Waals surface area contributed by atoms with Crippen molar-refractivity contribution in [2.24, 2.45) is 5.92 Å². The molecule has 21 heavy (non-hydrogen) atoms. The molecule has 0 spiro atoms. The molecule has 0 heterocycles. The Balaban J connectivity index is 2.98.